The Morgan fingerprint density at radius 2 is 1.28 bits per heavy atom. The molecule has 0 aliphatic carbocycles. The van der Waals surface area contributed by atoms with Crippen LogP contribution in [-0.2, 0) is 13.1 Å². The van der Waals surface area contributed by atoms with Crippen molar-refractivity contribution < 1.29 is 9.53 Å². The van der Waals surface area contributed by atoms with Crippen molar-refractivity contribution in [1.82, 2.24) is 20.0 Å². The highest BCUT2D eigenvalue weighted by molar-refractivity contribution is 5.94. The van der Waals surface area contributed by atoms with Crippen molar-refractivity contribution in [1.29, 1.82) is 0 Å². The van der Waals surface area contributed by atoms with E-state index in [9.17, 15) is 4.79 Å². The summed E-state index contributed by atoms with van der Waals surface area (Å²) in [6.45, 7) is 8.98. The van der Waals surface area contributed by atoms with Crippen molar-refractivity contribution in [3.8, 4) is 5.75 Å². The molecule has 0 spiro atoms. The summed E-state index contributed by atoms with van der Waals surface area (Å²) in [5, 5.41) is 3.24. The van der Waals surface area contributed by atoms with Crippen LogP contribution < -0.4 is 10.1 Å². The van der Waals surface area contributed by atoms with E-state index in [1.165, 1.54) is 61.0 Å². The topological polar surface area (TPSA) is 48.1 Å². The molecule has 2 fully saturated rings. The third-order valence-corrected chi connectivity index (χ3v) is 10.7. The van der Waals surface area contributed by atoms with Crippen LogP contribution in [0.5, 0.6) is 5.75 Å². The molecule has 0 radical (unpaired) electrons. The van der Waals surface area contributed by atoms with Gasteiger partial charge in [0.1, 0.15) is 5.75 Å². The van der Waals surface area contributed by atoms with Gasteiger partial charge in [-0.05, 0) is 131 Å². The van der Waals surface area contributed by atoms with Crippen molar-refractivity contribution in [2.45, 2.75) is 51.1 Å². The molecule has 6 rings (SSSR count). The van der Waals surface area contributed by atoms with Gasteiger partial charge in [-0.15, -0.1) is 0 Å². The minimum Gasteiger partial charge on any atom is -0.494 e. The molecule has 50 heavy (non-hydrogen) atoms. The van der Waals surface area contributed by atoms with Gasteiger partial charge >= 0.3 is 0 Å². The van der Waals surface area contributed by atoms with Crippen LogP contribution in [0.4, 0.5) is 0 Å². The van der Waals surface area contributed by atoms with Crippen LogP contribution in [0.15, 0.2) is 109 Å². The van der Waals surface area contributed by atoms with Crippen LogP contribution in [0.25, 0.3) is 0 Å². The number of hydrogen-bond donors (Lipinski definition) is 1. The molecule has 0 saturated carbocycles. The summed E-state index contributed by atoms with van der Waals surface area (Å²) in [7, 11) is 4.20. The molecular weight excluding hydrogens is 617 g/mol. The van der Waals surface area contributed by atoms with Crippen molar-refractivity contribution in [2.24, 2.45) is 11.8 Å². The Labute approximate surface area is 300 Å². The fraction of sp³-hybridized carbons (Fsp3) is 0.432. The molecule has 0 aromatic heterocycles. The van der Waals surface area contributed by atoms with Gasteiger partial charge in [0, 0.05) is 37.7 Å². The van der Waals surface area contributed by atoms with Crippen LogP contribution in [0.3, 0.4) is 0 Å². The molecule has 0 unspecified atom stereocenters. The van der Waals surface area contributed by atoms with Gasteiger partial charge in [-0.1, -0.05) is 84.9 Å². The lowest BCUT2D eigenvalue weighted by Gasteiger charge is -2.40. The smallest absolute Gasteiger partial charge is 0.251 e. The number of carbonyl (C=O) groups is 1. The van der Waals surface area contributed by atoms with Gasteiger partial charge in [0.25, 0.3) is 5.91 Å². The molecule has 264 valence electrons. The SMILES string of the molecule is CN(C)CCCOc1ccc(CN2CCC(C3CCN(Cc4cccc(C(=O)NCC(c5ccccc5)c5ccccc5)c4)CC3)CC2)cc1. The Morgan fingerprint density at radius 1 is 0.720 bits per heavy atom. The second kappa shape index (κ2) is 18.3. The molecule has 1 amide bonds. The first-order chi connectivity index (χ1) is 24.5. The van der Waals surface area contributed by atoms with E-state index in [0.29, 0.717) is 6.54 Å². The minimum atomic E-state index is -0.00838. The van der Waals surface area contributed by atoms with Crippen LogP contribution >= 0.6 is 0 Å². The number of likely N-dealkylation sites (tertiary alicyclic amines) is 2. The van der Waals surface area contributed by atoms with Gasteiger partial charge in [-0.3, -0.25) is 14.6 Å². The Hall–Kier alpha value is -3.97. The van der Waals surface area contributed by atoms with Crippen LogP contribution in [0.2, 0.25) is 0 Å². The third-order valence-electron chi connectivity index (χ3n) is 10.7. The molecule has 0 atom stereocenters. The molecule has 4 aromatic rings. The monoisotopic (exact) mass is 672 g/mol. The second-order valence-electron chi connectivity index (χ2n) is 14.7. The molecule has 6 heteroatoms. The van der Waals surface area contributed by atoms with Gasteiger partial charge < -0.3 is 15.0 Å². The molecule has 2 heterocycles. The second-order valence-corrected chi connectivity index (χ2v) is 14.7. The highest BCUT2D eigenvalue weighted by Crippen LogP contribution is 2.33. The highest BCUT2D eigenvalue weighted by Gasteiger charge is 2.29. The number of benzene rings is 4. The lowest BCUT2D eigenvalue weighted by Crippen LogP contribution is -2.40. The van der Waals surface area contributed by atoms with E-state index >= 15 is 0 Å². The maximum atomic E-state index is 13.3. The first kappa shape index (κ1) is 35.8. The molecule has 6 nitrogen and oxygen atoms in total. The van der Waals surface area contributed by atoms with E-state index in [1.54, 1.807) is 0 Å². The number of piperidine rings is 2. The Morgan fingerprint density at radius 3 is 1.84 bits per heavy atom. The molecule has 2 aliphatic heterocycles. The number of ether oxygens (including phenoxy) is 1. The average Bonchev–Trinajstić information content (AvgIpc) is 3.16. The summed E-state index contributed by atoms with van der Waals surface area (Å²) >= 11 is 0. The van der Waals surface area contributed by atoms with E-state index in [1.807, 2.05) is 24.3 Å². The molecule has 1 N–H and O–H groups in total. The summed E-state index contributed by atoms with van der Waals surface area (Å²) in [6.07, 6.45) is 6.22. The number of amides is 1. The summed E-state index contributed by atoms with van der Waals surface area (Å²) in [4.78, 5) is 20.7. The zero-order valence-corrected chi connectivity index (χ0v) is 30.2. The summed E-state index contributed by atoms with van der Waals surface area (Å²) in [5.74, 6) is 2.75. The van der Waals surface area contributed by atoms with Crippen LogP contribution in [-0.4, -0.2) is 80.6 Å². The zero-order valence-electron chi connectivity index (χ0n) is 30.2. The molecule has 4 aromatic carbocycles. The van der Waals surface area contributed by atoms with E-state index in [-0.39, 0.29) is 11.8 Å². The predicted molar refractivity (Wildman–Crippen MR) is 205 cm³/mol. The molecular formula is C44H56N4O2. The fourth-order valence-corrected chi connectivity index (χ4v) is 7.85. The predicted octanol–water partition coefficient (Wildman–Crippen LogP) is 7.70. The largest absolute Gasteiger partial charge is 0.494 e. The molecule has 2 saturated heterocycles. The first-order valence-corrected chi connectivity index (χ1v) is 18.8. The van der Waals surface area contributed by atoms with Crippen molar-refractivity contribution in [2.75, 3.05) is 60.0 Å². The number of rotatable bonds is 15. The minimum absolute atomic E-state index is 0.00838. The van der Waals surface area contributed by atoms with Crippen molar-refractivity contribution in [3.05, 3.63) is 137 Å². The standard InChI is InChI=1S/C44H56N4O2/c1-46(2)25-10-30-50-42-19-17-35(18-20-42)33-47-26-21-37(22-27-47)38-23-28-48(29-24-38)34-36-11-9-16-41(31-36)44(49)45-32-43(39-12-5-3-6-13-39)40-14-7-4-8-15-40/h3-9,11-20,31,37-38,43H,10,21-30,32-34H2,1-2H3,(H,45,49). The van der Waals surface area contributed by atoms with Crippen LogP contribution in [0, 0.1) is 11.8 Å². The van der Waals surface area contributed by atoms with E-state index in [4.69, 9.17) is 4.74 Å². The Balaban J connectivity index is 0.917. The van der Waals surface area contributed by atoms with Gasteiger partial charge in [0.2, 0.25) is 0 Å². The summed E-state index contributed by atoms with van der Waals surface area (Å²) in [5.41, 5.74) is 5.75. The van der Waals surface area contributed by atoms with Gasteiger partial charge in [-0.2, -0.15) is 0 Å². The number of nitrogens with one attached hydrogen (secondary N) is 1. The number of nitrogens with zero attached hydrogens (tertiary/aromatic N) is 3. The van der Waals surface area contributed by atoms with Crippen molar-refractivity contribution >= 4 is 5.91 Å². The normalized spacial score (nSPS) is 16.6. The van der Waals surface area contributed by atoms with E-state index < -0.39 is 0 Å². The molecule has 2 aliphatic rings. The lowest BCUT2D eigenvalue weighted by atomic mass is 9.78. The van der Waals surface area contributed by atoms with Crippen molar-refractivity contribution in [3.63, 3.8) is 0 Å². The zero-order chi connectivity index (χ0) is 34.5. The number of carbonyl (C=O) groups excluding carboxylic acids is 1. The summed E-state index contributed by atoms with van der Waals surface area (Å²) < 4.78 is 5.92. The maximum absolute atomic E-state index is 13.3. The van der Waals surface area contributed by atoms with E-state index in [0.717, 1.165) is 68.9 Å². The molecule has 0 bridgehead atoms. The Kier molecular flexibility index (Phi) is 13.1. The average molecular weight is 673 g/mol. The lowest BCUT2D eigenvalue weighted by molar-refractivity contribution is 0.0908. The number of hydrogen-bond acceptors (Lipinski definition) is 5. The van der Waals surface area contributed by atoms with Gasteiger partial charge in [0.15, 0.2) is 0 Å². The fourth-order valence-electron chi connectivity index (χ4n) is 7.85. The third kappa shape index (κ3) is 10.5. The maximum Gasteiger partial charge on any atom is 0.251 e. The highest BCUT2D eigenvalue weighted by atomic mass is 16.5. The van der Waals surface area contributed by atoms with Gasteiger partial charge in [0.05, 0.1) is 6.61 Å². The quantitative estimate of drug-likeness (QED) is 0.131. The van der Waals surface area contributed by atoms with Gasteiger partial charge in [-0.25, -0.2) is 0 Å². The van der Waals surface area contributed by atoms with Crippen LogP contribution in [0.1, 0.15) is 70.6 Å². The van der Waals surface area contributed by atoms with E-state index in [2.05, 4.69) is 119 Å². The first-order valence-electron chi connectivity index (χ1n) is 18.8. The Bertz CT molecular complexity index is 1540. The summed E-state index contributed by atoms with van der Waals surface area (Å²) in [6, 6.07) is 37.9.